The van der Waals surface area contributed by atoms with Crippen LogP contribution >= 0.6 is 24.4 Å². The molecule has 0 saturated carbocycles. The Hall–Kier alpha value is -0.200. The van der Waals surface area contributed by atoms with Gasteiger partial charge in [-0.2, -0.15) is 12.6 Å². The Morgan fingerprint density at radius 3 is 3.17 bits per heavy atom. The van der Waals surface area contributed by atoms with Crippen LogP contribution in [0.2, 0.25) is 0 Å². The number of aliphatic imine (C=N–C) groups is 1. The summed E-state index contributed by atoms with van der Waals surface area (Å²) in [6.07, 6.45) is 0. The molecule has 0 amide bonds. The monoisotopic (exact) mass is 206 g/mol. The zero-order chi connectivity index (χ0) is 8.97. The van der Waals surface area contributed by atoms with Crippen LogP contribution in [0, 0.1) is 0 Å². The van der Waals surface area contributed by atoms with E-state index in [0.717, 1.165) is 5.75 Å². The smallest absolute Gasteiger partial charge is 0.330 e. The van der Waals surface area contributed by atoms with Crippen molar-refractivity contribution in [3.05, 3.63) is 0 Å². The Kier molecular flexibility index (Phi) is 3.90. The summed E-state index contributed by atoms with van der Waals surface area (Å²) < 4.78 is 4.86. The number of hydrogen-bond acceptors (Lipinski definition) is 6. The molecule has 0 spiro atoms. The second-order valence-corrected chi connectivity index (χ2v) is 3.62. The lowest BCUT2D eigenvalue weighted by Crippen LogP contribution is -2.34. The highest BCUT2D eigenvalue weighted by Crippen LogP contribution is 2.12. The highest BCUT2D eigenvalue weighted by atomic mass is 32.2. The third-order valence-corrected chi connectivity index (χ3v) is 2.48. The number of hydrogen-bond donors (Lipinski definition) is 2. The molecule has 0 aliphatic carbocycles. The van der Waals surface area contributed by atoms with Crippen molar-refractivity contribution >= 4 is 35.6 Å². The number of ether oxygens (including phenoxy) is 1. The summed E-state index contributed by atoms with van der Waals surface area (Å²) in [5.74, 6) is 0.702. The summed E-state index contributed by atoms with van der Waals surface area (Å²) in [6.45, 7) is 0.712. The SMILES string of the molecule is N[C@@H](CS)C(=O)OC1=NCCS1. The van der Waals surface area contributed by atoms with Gasteiger partial charge in [0, 0.05) is 11.5 Å². The lowest BCUT2D eigenvalue weighted by molar-refractivity contribution is -0.136. The van der Waals surface area contributed by atoms with Gasteiger partial charge in [0.25, 0.3) is 5.23 Å². The van der Waals surface area contributed by atoms with Crippen LogP contribution in [0.4, 0.5) is 0 Å². The van der Waals surface area contributed by atoms with E-state index in [1.165, 1.54) is 11.8 Å². The molecule has 1 rings (SSSR count). The number of esters is 1. The van der Waals surface area contributed by atoms with Crippen LogP contribution in [0.3, 0.4) is 0 Å². The van der Waals surface area contributed by atoms with Crippen LogP contribution < -0.4 is 5.73 Å². The van der Waals surface area contributed by atoms with Gasteiger partial charge in [-0.3, -0.25) is 0 Å². The van der Waals surface area contributed by atoms with Gasteiger partial charge in [0.05, 0.1) is 6.54 Å². The number of rotatable bonds is 2. The summed E-state index contributed by atoms with van der Waals surface area (Å²) in [6, 6.07) is -0.655. The zero-order valence-corrected chi connectivity index (χ0v) is 8.11. The normalized spacial score (nSPS) is 18.7. The summed E-state index contributed by atoms with van der Waals surface area (Å²) >= 11 is 5.30. The Morgan fingerprint density at radius 2 is 2.67 bits per heavy atom. The van der Waals surface area contributed by atoms with Gasteiger partial charge < -0.3 is 10.5 Å². The average Bonchev–Trinajstić information content (AvgIpc) is 2.55. The minimum absolute atomic E-state index is 0.288. The first kappa shape index (κ1) is 9.88. The van der Waals surface area contributed by atoms with Crippen molar-refractivity contribution in [1.29, 1.82) is 0 Å². The Morgan fingerprint density at radius 1 is 1.92 bits per heavy atom. The molecule has 6 heteroatoms. The minimum Gasteiger partial charge on any atom is -0.400 e. The lowest BCUT2D eigenvalue weighted by atomic mass is 10.4. The molecule has 1 heterocycles. The van der Waals surface area contributed by atoms with E-state index < -0.39 is 12.0 Å². The van der Waals surface area contributed by atoms with Crippen LogP contribution in [-0.4, -0.2) is 35.3 Å². The fourth-order valence-corrected chi connectivity index (χ4v) is 1.44. The molecule has 1 aliphatic heterocycles. The summed E-state index contributed by atoms with van der Waals surface area (Å²) in [7, 11) is 0. The lowest BCUT2D eigenvalue weighted by Gasteiger charge is -2.06. The predicted octanol–water partition coefficient (Wildman–Crippen LogP) is -0.111. The molecule has 68 valence electrons. The third kappa shape index (κ3) is 2.69. The van der Waals surface area contributed by atoms with Gasteiger partial charge in [0.1, 0.15) is 6.04 Å². The van der Waals surface area contributed by atoms with Crippen LogP contribution in [0.1, 0.15) is 0 Å². The van der Waals surface area contributed by atoms with Crippen LogP contribution in [-0.2, 0) is 9.53 Å². The van der Waals surface area contributed by atoms with Crippen LogP contribution in [0.25, 0.3) is 0 Å². The first-order valence-electron chi connectivity index (χ1n) is 3.49. The number of nitrogens with two attached hydrogens (primary N) is 1. The number of nitrogens with zero attached hydrogens (tertiary/aromatic N) is 1. The van der Waals surface area contributed by atoms with E-state index in [9.17, 15) is 4.79 Å². The van der Waals surface area contributed by atoms with Crippen molar-refractivity contribution in [2.75, 3.05) is 18.1 Å². The van der Waals surface area contributed by atoms with Gasteiger partial charge in [-0.1, -0.05) is 11.8 Å². The van der Waals surface area contributed by atoms with Gasteiger partial charge in [0.15, 0.2) is 0 Å². The van der Waals surface area contributed by atoms with E-state index >= 15 is 0 Å². The molecule has 2 N–H and O–H groups in total. The first-order chi connectivity index (χ1) is 5.74. The molecule has 1 aliphatic rings. The maximum atomic E-state index is 11.0. The third-order valence-electron chi connectivity index (χ3n) is 1.25. The highest BCUT2D eigenvalue weighted by molar-refractivity contribution is 8.13. The molecule has 1 atom stereocenters. The van der Waals surface area contributed by atoms with E-state index in [-0.39, 0.29) is 5.75 Å². The summed E-state index contributed by atoms with van der Waals surface area (Å²) in [5, 5.41) is 0.428. The molecular weight excluding hydrogens is 196 g/mol. The topological polar surface area (TPSA) is 64.7 Å². The van der Waals surface area contributed by atoms with E-state index in [1.54, 1.807) is 0 Å². The summed E-state index contributed by atoms with van der Waals surface area (Å²) in [4.78, 5) is 15.0. The van der Waals surface area contributed by atoms with Crippen LogP contribution in [0.5, 0.6) is 0 Å². The fourth-order valence-electron chi connectivity index (χ4n) is 0.614. The number of thiol groups is 1. The number of carbonyl (C=O) groups is 1. The average molecular weight is 206 g/mol. The van der Waals surface area contributed by atoms with Crippen molar-refractivity contribution in [3.63, 3.8) is 0 Å². The second-order valence-electron chi connectivity index (χ2n) is 2.21. The van der Waals surface area contributed by atoms with Gasteiger partial charge in [-0.25, -0.2) is 9.79 Å². The molecule has 0 fully saturated rings. The fraction of sp³-hybridized carbons (Fsp3) is 0.667. The Balaban J connectivity index is 2.35. The van der Waals surface area contributed by atoms with Gasteiger partial charge in [0.2, 0.25) is 0 Å². The number of carbonyl (C=O) groups excluding carboxylic acids is 1. The maximum Gasteiger partial charge on any atom is 0.330 e. The van der Waals surface area contributed by atoms with Crippen molar-refractivity contribution in [2.24, 2.45) is 10.7 Å². The highest BCUT2D eigenvalue weighted by Gasteiger charge is 2.18. The zero-order valence-electron chi connectivity index (χ0n) is 6.40. The molecule has 12 heavy (non-hydrogen) atoms. The van der Waals surface area contributed by atoms with Gasteiger partial charge in [-0.15, -0.1) is 0 Å². The van der Waals surface area contributed by atoms with Gasteiger partial charge >= 0.3 is 5.97 Å². The molecule has 0 saturated heterocycles. The first-order valence-corrected chi connectivity index (χ1v) is 5.11. The van der Waals surface area contributed by atoms with E-state index in [2.05, 4.69) is 17.6 Å². The Bertz CT molecular complexity index is 208. The van der Waals surface area contributed by atoms with E-state index in [0.29, 0.717) is 11.8 Å². The summed E-state index contributed by atoms with van der Waals surface area (Å²) in [5.41, 5.74) is 5.38. The standard InChI is InChI=1S/C6H10N2O2S2/c7-4(3-11)5(9)10-6-8-1-2-12-6/h4,11H,1-3,7H2/t4-/m0/s1. The quantitative estimate of drug-likeness (QED) is 0.489. The Labute approximate surface area is 80.3 Å². The number of thioether (sulfide) groups is 1. The van der Waals surface area contributed by atoms with Crippen molar-refractivity contribution in [1.82, 2.24) is 0 Å². The largest absolute Gasteiger partial charge is 0.400 e. The second kappa shape index (κ2) is 4.74. The van der Waals surface area contributed by atoms with Crippen molar-refractivity contribution in [2.45, 2.75) is 6.04 Å². The molecule has 0 bridgehead atoms. The van der Waals surface area contributed by atoms with Crippen molar-refractivity contribution in [3.8, 4) is 0 Å². The van der Waals surface area contributed by atoms with Crippen LogP contribution in [0.15, 0.2) is 4.99 Å². The molecule has 0 aromatic rings. The van der Waals surface area contributed by atoms with Gasteiger partial charge in [-0.05, 0) is 0 Å². The van der Waals surface area contributed by atoms with E-state index in [1.807, 2.05) is 0 Å². The van der Waals surface area contributed by atoms with E-state index in [4.69, 9.17) is 10.5 Å². The maximum absolute atomic E-state index is 11.0. The molecule has 4 nitrogen and oxygen atoms in total. The van der Waals surface area contributed by atoms with Crippen molar-refractivity contribution < 1.29 is 9.53 Å². The predicted molar refractivity (Wildman–Crippen MR) is 52.7 cm³/mol. The molecular formula is C6H10N2O2S2. The minimum atomic E-state index is -0.655. The molecule has 0 radical (unpaired) electrons. The molecule has 0 aromatic carbocycles. The molecule has 0 aromatic heterocycles. The molecule has 0 unspecified atom stereocenters.